The molecular formula is C24H30N2O5S. The molecule has 1 spiro atoms. The van der Waals surface area contributed by atoms with E-state index in [1.807, 2.05) is 32.0 Å². The molecule has 3 fully saturated rings. The van der Waals surface area contributed by atoms with Crippen LogP contribution >= 0.6 is 11.8 Å². The highest BCUT2D eigenvalue weighted by molar-refractivity contribution is 8.02. The number of carbonyl (C=O) groups excluding carboxylic acids is 2. The fraction of sp³-hybridized carbons (Fsp3) is 0.542. The monoisotopic (exact) mass is 458 g/mol. The van der Waals surface area contributed by atoms with Crippen LogP contribution in [-0.4, -0.2) is 68.6 Å². The lowest BCUT2D eigenvalue weighted by Gasteiger charge is -2.37. The van der Waals surface area contributed by atoms with E-state index in [0.717, 1.165) is 16.8 Å². The number of carboxylic acid groups (broad SMARTS) is 1. The van der Waals surface area contributed by atoms with E-state index in [1.165, 1.54) is 11.8 Å². The predicted molar refractivity (Wildman–Crippen MR) is 124 cm³/mol. The first-order valence-electron chi connectivity index (χ1n) is 11.1. The normalized spacial score (nSPS) is 30.5. The third-order valence-corrected chi connectivity index (χ3v) is 9.06. The van der Waals surface area contributed by atoms with Crippen LogP contribution in [0.15, 0.2) is 30.9 Å². The number of thioether (sulfide) groups is 1. The number of anilines is 1. The molecule has 8 heteroatoms. The lowest BCUT2D eigenvalue weighted by atomic mass is 9.71. The first-order valence-corrected chi connectivity index (χ1v) is 12.0. The van der Waals surface area contributed by atoms with Crippen molar-refractivity contribution in [2.75, 3.05) is 24.6 Å². The maximum atomic E-state index is 14.2. The molecule has 3 saturated heterocycles. The van der Waals surface area contributed by atoms with Crippen molar-refractivity contribution < 1.29 is 24.6 Å². The van der Waals surface area contributed by atoms with Gasteiger partial charge in [-0.25, -0.2) is 0 Å². The van der Waals surface area contributed by atoms with Gasteiger partial charge < -0.3 is 20.0 Å². The van der Waals surface area contributed by atoms with Crippen LogP contribution in [-0.2, 0) is 14.4 Å². The Balaban J connectivity index is 1.80. The zero-order valence-corrected chi connectivity index (χ0v) is 19.3. The Labute approximate surface area is 192 Å². The lowest BCUT2D eigenvalue weighted by Crippen LogP contribution is -2.55. The number of amides is 2. The third-order valence-electron chi connectivity index (χ3n) is 7.11. The van der Waals surface area contributed by atoms with Crippen LogP contribution in [0, 0.1) is 25.7 Å². The molecule has 7 nitrogen and oxygen atoms in total. The average molecular weight is 459 g/mol. The Kier molecular flexibility index (Phi) is 6.11. The summed E-state index contributed by atoms with van der Waals surface area (Å²) in [7, 11) is 0. The summed E-state index contributed by atoms with van der Waals surface area (Å²) in [5.74, 6) is -2.91. The van der Waals surface area contributed by atoms with Crippen molar-refractivity contribution in [1.29, 1.82) is 0 Å². The van der Waals surface area contributed by atoms with E-state index >= 15 is 0 Å². The SMILES string of the molecule is C=CCN(C(=O)C1N(CCCO)C(=O)[C@@H]2[C@@H](C(=O)O)[C@H]3CCC12S3)c1cc(C)ccc1C. The minimum atomic E-state index is -0.963. The molecule has 2 bridgehead atoms. The van der Waals surface area contributed by atoms with Crippen LogP contribution < -0.4 is 4.90 Å². The van der Waals surface area contributed by atoms with Gasteiger partial charge in [0, 0.05) is 30.6 Å². The van der Waals surface area contributed by atoms with Crippen LogP contribution in [0.25, 0.3) is 0 Å². The van der Waals surface area contributed by atoms with Crippen LogP contribution in [0.5, 0.6) is 0 Å². The first-order chi connectivity index (χ1) is 15.3. The molecule has 0 radical (unpaired) electrons. The van der Waals surface area contributed by atoms with Gasteiger partial charge in [0.15, 0.2) is 0 Å². The molecular weight excluding hydrogens is 428 g/mol. The van der Waals surface area contributed by atoms with Crippen LogP contribution in [0.1, 0.15) is 30.4 Å². The summed E-state index contributed by atoms with van der Waals surface area (Å²) < 4.78 is -0.742. The van der Waals surface area contributed by atoms with Gasteiger partial charge in [-0.1, -0.05) is 18.2 Å². The molecule has 2 N–H and O–H groups in total. The van der Waals surface area contributed by atoms with E-state index in [2.05, 4.69) is 6.58 Å². The smallest absolute Gasteiger partial charge is 0.308 e. The second-order valence-corrected chi connectivity index (χ2v) is 10.6. The van der Waals surface area contributed by atoms with Gasteiger partial charge in [0.2, 0.25) is 5.91 Å². The molecule has 32 heavy (non-hydrogen) atoms. The van der Waals surface area contributed by atoms with Crippen molar-refractivity contribution in [3.8, 4) is 0 Å². The van der Waals surface area contributed by atoms with Crippen molar-refractivity contribution in [3.05, 3.63) is 42.0 Å². The average Bonchev–Trinajstić information content (AvgIpc) is 3.39. The number of hydrogen-bond donors (Lipinski definition) is 2. The Bertz CT molecular complexity index is 966. The molecule has 3 heterocycles. The van der Waals surface area contributed by atoms with Gasteiger partial charge in [0.25, 0.3) is 5.91 Å². The molecule has 2 amide bonds. The van der Waals surface area contributed by atoms with Gasteiger partial charge in [-0.15, -0.1) is 18.3 Å². The van der Waals surface area contributed by atoms with Gasteiger partial charge in [0.05, 0.1) is 16.6 Å². The van der Waals surface area contributed by atoms with Crippen molar-refractivity contribution in [1.82, 2.24) is 4.90 Å². The Hall–Kier alpha value is -2.32. The minimum absolute atomic E-state index is 0.103. The number of aryl methyl sites for hydroxylation is 2. The van der Waals surface area contributed by atoms with E-state index in [4.69, 9.17) is 0 Å². The van der Waals surface area contributed by atoms with Crippen molar-refractivity contribution in [2.24, 2.45) is 11.8 Å². The lowest BCUT2D eigenvalue weighted by molar-refractivity contribution is -0.148. The fourth-order valence-corrected chi connectivity index (χ4v) is 8.00. The number of aliphatic carboxylic acids is 1. The van der Waals surface area contributed by atoms with Gasteiger partial charge in [-0.05, 0) is 50.3 Å². The van der Waals surface area contributed by atoms with Gasteiger partial charge in [-0.3, -0.25) is 14.4 Å². The van der Waals surface area contributed by atoms with E-state index in [9.17, 15) is 24.6 Å². The third kappa shape index (κ3) is 3.35. The topological polar surface area (TPSA) is 98.2 Å². The molecule has 3 aliphatic heterocycles. The molecule has 0 aliphatic carbocycles. The van der Waals surface area contributed by atoms with Crippen molar-refractivity contribution in [3.63, 3.8) is 0 Å². The summed E-state index contributed by atoms with van der Waals surface area (Å²) in [6.07, 6.45) is 3.34. The number of hydrogen-bond acceptors (Lipinski definition) is 5. The number of fused-ring (bicyclic) bond motifs is 1. The number of nitrogens with zero attached hydrogens (tertiary/aromatic N) is 2. The predicted octanol–water partition coefficient (Wildman–Crippen LogP) is 2.38. The molecule has 0 aromatic heterocycles. The number of aliphatic hydroxyl groups is 1. The van der Waals surface area contributed by atoms with Crippen LogP contribution in [0.3, 0.4) is 0 Å². The molecule has 2 unspecified atom stereocenters. The molecule has 0 saturated carbocycles. The van der Waals surface area contributed by atoms with Crippen molar-refractivity contribution in [2.45, 2.75) is 49.1 Å². The number of carbonyl (C=O) groups is 3. The zero-order valence-electron chi connectivity index (χ0n) is 18.5. The quantitative estimate of drug-likeness (QED) is 0.581. The first kappa shape index (κ1) is 22.9. The molecule has 4 rings (SSSR count). The standard InChI is InChI=1S/C24H30N2O5S/c1-4-10-25(16-13-14(2)6-7-15(16)3)22(29)20-24-9-8-17(32-24)18(23(30)31)19(24)21(28)26(20)11-5-12-27/h4,6-7,13,17-20,27H,1,5,8-12H2,2-3H3,(H,30,31)/t17-,18+,19+,20?,24?/m1/s1. The number of benzene rings is 1. The maximum absolute atomic E-state index is 14.2. The summed E-state index contributed by atoms with van der Waals surface area (Å²) in [6.45, 7) is 8.16. The largest absolute Gasteiger partial charge is 0.481 e. The highest BCUT2D eigenvalue weighted by Gasteiger charge is 2.74. The Morgan fingerprint density at radius 3 is 2.78 bits per heavy atom. The number of aliphatic hydroxyl groups excluding tert-OH is 1. The summed E-state index contributed by atoms with van der Waals surface area (Å²) >= 11 is 1.52. The second-order valence-electron chi connectivity index (χ2n) is 9.03. The summed E-state index contributed by atoms with van der Waals surface area (Å²) in [6, 6.07) is 5.16. The van der Waals surface area contributed by atoms with Crippen LogP contribution in [0.2, 0.25) is 0 Å². The number of carboxylic acids is 1. The molecule has 3 aliphatic rings. The number of rotatable bonds is 8. The van der Waals surface area contributed by atoms with Gasteiger partial charge in [-0.2, -0.15) is 0 Å². The molecule has 172 valence electrons. The summed E-state index contributed by atoms with van der Waals surface area (Å²) in [5.41, 5.74) is 2.74. The molecule has 5 atom stereocenters. The number of likely N-dealkylation sites (tertiary alicyclic amines) is 1. The van der Waals surface area contributed by atoms with Crippen molar-refractivity contribution >= 4 is 35.2 Å². The summed E-state index contributed by atoms with van der Waals surface area (Å²) in [5, 5.41) is 19.1. The van der Waals surface area contributed by atoms with Crippen LogP contribution in [0.4, 0.5) is 5.69 Å². The summed E-state index contributed by atoms with van der Waals surface area (Å²) in [4.78, 5) is 43.0. The van der Waals surface area contributed by atoms with Gasteiger partial charge in [0.1, 0.15) is 6.04 Å². The van der Waals surface area contributed by atoms with E-state index in [-0.39, 0.29) is 30.2 Å². The van der Waals surface area contributed by atoms with E-state index in [0.29, 0.717) is 25.8 Å². The Morgan fingerprint density at radius 2 is 2.12 bits per heavy atom. The van der Waals surface area contributed by atoms with Gasteiger partial charge >= 0.3 is 5.97 Å². The minimum Gasteiger partial charge on any atom is -0.481 e. The second kappa shape index (κ2) is 8.56. The van der Waals surface area contributed by atoms with E-state index < -0.39 is 28.6 Å². The maximum Gasteiger partial charge on any atom is 0.308 e. The molecule has 1 aromatic carbocycles. The van der Waals surface area contributed by atoms with E-state index in [1.54, 1.807) is 15.9 Å². The zero-order chi connectivity index (χ0) is 23.2. The highest BCUT2D eigenvalue weighted by Crippen LogP contribution is 2.66. The molecule has 1 aromatic rings. The fourth-order valence-electron chi connectivity index (χ4n) is 5.79. The Morgan fingerprint density at radius 1 is 1.38 bits per heavy atom. The highest BCUT2D eigenvalue weighted by atomic mass is 32.2.